The molecule has 2 rings (SSSR count). The number of anilines is 2. The quantitative estimate of drug-likeness (QED) is 0.872. The van der Waals surface area contributed by atoms with E-state index in [4.69, 9.17) is 4.52 Å². The Kier molecular flexibility index (Phi) is 3.50. The molecule has 100 valence electrons. The van der Waals surface area contributed by atoms with Crippen LogP contribution in [-0.2, 0) is 0 Å². The maximum absolute atomic E-state index is 13.1. The predicted molar refractivity (Wildman–Crippen MR) is 69.8 cm³/mol. The van der Waals surface area contributed by atoms with Gasteiger partial charge in [0, 0.05) is 5.69 Å². The zero-order valence-electron chi connectivity index (χ0n) is 10.9. The molecule has 0 saturated carbocycles. The van der Waals surface area contributed by atoms with Crippen LogP contribution in [0.5, 0.6) is 0 Å². The number of carbonyl (C=O) groups excluding carboxylic acids is 1. The van der Waals surface area contributed by atoms with Crippen LogP contribution in [0, 0.1) is 26.6 Å². The van der Waals surface area contributed by atoms with Gasteiger partial charge < -0.3 is 15.2 Å². The number of rotatable bonds is 2. The second-order valence-corrected chi connectivity index (χ2v) is 4.24. The molecule has 0 unspecified atom stereocenters. The van der Waals surface area contributed by atoms with Gasteiger partial charge in [-0.3, -0.25) is 0 Å². The van der Waals surface area contributed by atoms with Crippen molar-refractivity contribution in [3.63, 3.8) is 0 Å². The zero-order valence-corrected chi connectivity index (χ0v) is 10.9. The van der Waals surface area contributed by atoms with E-state index in [1.807, 2.05) is 0 Å². The molecule has 0 bridgehead atoms. The van der Waals surface area contributed by atoms with Crippen LogP contribution in [0.3, 0.4) is 0 Å². The number of hydrogen-bond acceptors (Lipinski definition) is 3. The van der Waals surface area contributed by atoms with Gasteiger partial charge in [-0.05, 0) is 44.5 Å². The van der Waals surface area contributed by atoms with Gasteiger partial charge >= 0.3 is 6.03 Å². The van der Waals surface area contributed by atoms with Crippen LogP contribution in [0.4, 0.5) is 20.6 Å². The highest BCUT2D eigenvalue weighted by atomic mass is 19.1. The number of aromatic nitrogens is 1. The normalized spacial score (nSPS) is 10.3. The Morgan fingerprint density at radius 2 is 2.00 bits per heavy atom. The van der Waals surface area contributed by atoms with E-state index in [2.05, 4.69) is 15.8 Å². The van der Waals surface area contributed by atoms with Crippen molar-refractivity contribution in [2.24, 2.45) is 0 Å². The molecule has 1 heterocycles. The third-order valence-corrected chi connectivity index (χ3v) is 2.69. The van der Waals surface area contributed by atoms with Crippen LogP contribution >= 0.6 is 0 Å². The van der Waals surface area contributed by atoms with Crippen molar-refractivity contribution in [2.45, 2.75) is 20.8 Å². The molecule has 2 N–H and O–H groups in total. The zero-order chi connectivity index (χ0) is 14.0. The molecule has 0 radical (unpaired) electrons. The summed E-state index contributed by atoms with van der Waals surface area (Å²) in [6.45, 7) is 5.07. The molecule has 6 heteroatoms. The summed E-state index contributed by atoms with van der Waals surface area (Å²) in [7, 11) is 0. The molecule has 0 aliphatic rings. The number of hydrogen-bond donors (Lipinski definition) is 2. The van der Waals surface area contributed by atoms with Crippen LogP contribution in [0.1, 0.15) is 17.0 Å². The summed E-state index contributed by atoms with van der Waals surface area (Å²) in [4.78, 5) is 11.8. The van der Waals surface area contributed by atoms with Crippen LogP contribution in [0.15, 0.2) is 22.7 Å². The van der Waals surface area contributed by atoms with Crippen molar-refractivity contribution in [3.8, 4) is 0 Å². The number of benzene rings is 1. The third-order valence-electron chi connectivity index (χ3n) is 2.69. The molecule has 1 aromatic carbocycles. The van der Waals surface area contributed by atoms with Gasteiger partial charge in [-0.15, -0.1) is 0 Å². The Bertz CT molecular complexity index is 603. The number of nitrogens with zero attached hydrogens (tertiary/aromatic N) is 1. The van der Waals surface area contributed by atoms with Crippen LogP contribution in [0.2, 0.25) is 0 Å². The van der Waals surface area contributed by atoms with E-state index in [1.165, 1.54) is 12.1 Å². The fraction of sp³-hybridized carbons (Fsp3) is 0.231. The minimum Gasteiger partial charge on any atom is -0.359 e. The predicted octanol–water partition coefficient (Wildman–Crippen LogP) is 3.38. The molecular weight excluding hydrogens is 249 g/mol. The summed E-state index contributed by atoms with van der Waals surface area (Å²) in [5.41, 5.74) is 2.12. The SMILES string of the molecule is Cc1cc(NC(=O)Nc2c(C)noc2C)ccc1F. The van der Waals surface area contributed by atoms with Gasteiger partial charge in [0.15, 0.2) is 5.76 Å². The molecule has 0 aliphatic carbocycles. The number of amides is 2. The van der Waals surface area contributed by atoms with Crippen LogP contribution < -0.4 is 10.6 Å². The minimum atomic E-state index is -0.430. The molecule has 0 saturated heterocycles. The van der Waals surface area contributed by atoms with Gasteiger partial charge in [0.1, 0.15) is 17.2 Å². The lowest BCUT2D eigenvalue weighted by Crippen LogP contribution is -2.20. The summed E-state index contributed by atoms with van der Waals surface area (Å²) in [5.74, 6) is 0.222. The average Bonchev–Trinajstić information content (AvgIpc) is 2.66. The molecule has 0 spiro atoms. The molecule has 0 atom stereocenters. The van der Waals surface area contributed by atoms with E-state index in [9.17, 15) is 9.18 Å². The van der Waals surface area contributed by atoms with Crippen molar-refractivity contribution in [3.05, 3.63) is 41.0 Å². The lowest BCUT2D eigenvalue weighted by Gasteiger charge is -2.08. The summed E-state index contributed by atoms with van der Waals surface area (Å²) >= 11 is 0. The van der Waals surface area contributed by atoms with Crippen molar-refractivity contribution in [2.75, 3.05) is 10.6 Å². The van der Waals surface area contributed by atoms with Crippen LogP contribution in [0.25, 0.3) is 0 Å². The maximum Gasteiger partial charge on any atom is 0.323 e. The lowest BCUT2D eigenvalue weighted by molar-refractivity contribution is 0.262. The Morgan fingerprint density at radius 3 is 2.58 bits per heavy atom. The molecule has 19 heavy (non-hydrogen) atoms. The van der Waals surface area contributed by atoms with Crippen LogP contribution in [-0.4, -0.2) is 11.2 Å². The number of urea groups is 1. The summed E-state index contributed by atoms with van der Waals surface area (Å²) in [6.07, 6.45) is 0. The summed E-state index contributed by atoms with van der Waals surface area (Å²) < 4.78 is 18.0. The first-order valence-electron chi connectivity index (χ1n) is 5.74. The molecule has 2 aromatic rings. The summed E-state index contributed by atoms with van der Waals surface area (Å²) in [6, 6.07) is 3.93. The van der Waals surface area contributed by atoms with Crippen molar-refractivity contribution >= 4 is 17.4 Å². The maximum atomic E-state index is 13.1. The smallest absolute Gasteiger partial charge is 0.323 e. The summed E-state index contributed by atoms with van der Waals surface area (Å²) in [5, 5.41) is 8.99. The van der Waals surface area contributed by atoms with Gasteiger partial charge in [-0.25, -0.2) is 9.18 Å². The van der Waals surface area contributed by atoms with E-state index in [-0.39, 0.29) is 5.82 Å². The topological polar surface area (TPSA) is 67.2 Å². The Balaban J connectivity index is 2.07. The highest BCUT2D eigenvalue weighted by Gasteiger charge is 2.12. The van der Waals surface area contributed by atoms with Gasteiger partial charge in [0.05, 0.1) is 0 Å². The fourth-order valence-electron chi connectivity index (χ4n) is 1.66. The molecule has 5 nitrogen and oxygen atoms in total. The largest absolute Gasteiger partial charge is 0.359 e. The van der Waals surface area contributed by atoms with E-state index in [0.29, 0.717) is 28.4 Å². The molecule has 0 aliphatic heterocycles. The number of carbonyl (C=O) groups is 1. The second-order valence-electron chi connectivity index (χ2n) is 4.24. The molecule has 1 aromatic heterocycles. The van der Waals surface area contributed by atoms with E-state index in [0.717, 1.165) is 0 Å². The first-order chi connectivity index (χ1) is 8.97. The monoisotopic (exact) mass is 263 g/mol. The number of halogens is 1. The standard InChI is InChI=1S/C13H14FN3O2/c1-7-6-10(4-5-11(7)14)15-13(18)16-12-8(2)17-19-9(12)3/h4-6H,1-3H3,(H2,15,16,18). The van der Waals surface area contributed by atoms with Gasteiger partial charge in [-0.1, -0.05) is 5.16 Å². The molecule has 0 fully saturated rings. The number of aryl methyl sites for hydroxylation is 3. The highest BCUT2D eigenvalue weighted by molar-refractivity contribution is 6.00. The lowest BCUT2D eigenvalue weighted by atomic mass is 10.2. The average molecular weight is 263 g/mol. The fourth-order valence-corrected chi connectivity index (χ4v) is 1.66. The highest BCUT2D eigenvalue weighted by Crippen LogP contribution is 2.19. The van der Waals surface area contributed by atoms with E-state index >= 15 is 0 Å². The Morgan fingerprint density at radius 1 is 1.26 bits per heavy atom. The van der Waals surface area contributed by atoms with Crippen molar-refractivity contribution < 1.29 is 13.7 Å². The first kappa shape index (κ1) is 13.1. The van der Waals surface area contributed by atoms with Crippen molar-refractivity contribution in [1.29, 1.82) is 0 Å². The Hall–Kier alpha value is -2.37. The second kappa shape index (κ2) is 5.09. The van der Waals surface area contributed by atoms with Gasteiger partial charge in [0.2, 0.25) is 0 Å². The van der Waals surface area contributed by atoms with Gasteiger partial charge in [-0.2, -0.15) is 0 Å². The van der Waals surface area contributed by atoms with Gasteiger partial charge in [0.25, 0.3) is 0 Å². The molecule has 2 amide bonds. The van der Waals surface area contributed by atoms with E-state index < -0.39 is 6.03 Å². The number of nitrogens with one attached hydrogen (secondary N) is 2. The third kappa shape index (κ3) is 2.90. The first-order valence-corrected chi connectivity index (χ1v) is 5.74. The molecular formula is C13H14FN3O2. The van der Waals surface area contributed by atoms with E-state index in [1.54, 1.807) is 26.8 Å². The Labute approximate surface area is 109 Å². The minimum absolute atomic E-state index is 0.309. The van der Waals surface area contributed by atoms with Crippen molar-refractivity contribution in [1.82, 2.24) is 5.16 Å².